The summed E-state index contributed by atoms with van der Waals surface area (Å²) in [5.41, 5.74) is 1.76. The standard InChI is InChI=1S/C19H18F2N4O2/c1-11-12(2)24-18(25-19(11)26)13-3-6-17(23-10-13)22-7-8-27-16-5-4-14(20)9-15(16)21/h3-6,9-10H,7-8H2,1-2H3,(H,22,23)(H,24,25,26). The monoisotopic (exact) mass is 372 g/mol. The molecule has 0 aliphatic carbocycles. The third-order valence-corrected chi connectivity index (χ3v) is 3.99. The summed E-state index contributed by atoms with van der Waals surface area (Å²) in [5.74, 6) is -0.356. The molecule has 0 fully saturated rings. The van der Waals surface area contributed by atoms with Gasteiger partial charge in [-0.2, -0.15) is 0 Å². The number of rotatable bonds is 6. The van der Waals surface area contributed by atoms with Gasteiger partial charge in [-0.3, -0.25) is 4.79 Å². The first-order valence-corrected chi connectivity index (χ1v) is 8.29. The van der Waals surface area contributed by atoms with E-state index in [-0.39, 0.29) is 17.9 Å². The minimum atomic E-state index is -0.743. The molecule has 6 nitrogen and oxygen atoms in total. The third-order valence-electron chi connectivity index (χ3n) is 3.99. The van der Waals surface area contributed by atoms with Crippen LogP contribution in [-0.2, 0) is 0 Å². The predicted octanol–water partition coefficient (Wildman–Crippen LogP) is 3.22. The van der Waals surface area contributed by atoms with E-state index < -0.39 is 11.6 Å². The van der Waals surface area contributed by atoms with Gasteiger partial charge in [-0.15, -0.1) is 0 Å². The number of nitrogens with zero attached hydrogens (tertiary/aromatic N) is 2. The lowest BCUT2D eigenvalue weighted by Gasteiger charge is -2.09. The van der Waals surface area contributed by atoms with E-state index in [0.717, 1.165) is 12.1 Å². The van der Waals surface area contributed by atoms with Gasteiger partial charge in [0.1, 0.15) is 24.1 Å². The largest absolute Gasteiger partial charge is 0.489 e. The quantitative estimate of drug-likeness (QED) is 0.650. The first kappa shape index (κ1) is 18.5. The maximum Gasteiger partial charge on any atom is 0.254 e. The van der Waals surface area contributed by atoms with Crippen molar-refractivity contribution in [1.82, 2.24) is 15.0 Å². The number of pyridine rings is 1. The Labute approximate surface area is 154 Å². The fraction of sp³-hybridized carbons (Fsp3) is 0.211. The zero-order valence-corrected chi connectivity index (χ0v) is 14.8. The Morgan fingerprint density at radius 2 is 2.00 bits per heavy atom. The van der Waals surface area contributed by atoms with Gasteiger partial charge in [-0.1, -0.05) is 0 Å². The molecule has 1 aromatic carbocycles. The van der Waals surface area contributed by atoms with Gasteiger partial charge in [0.15, 0.2) is 11.6 Å². The molecule has 2 heterocycles. The highest BCUT2D eigenvalue weighted by Gasteiger charge is 2.07. The van der Waals surface area contributed by atoms with Crippen molar-refractivity contribution in [3.05, 3.63) is 69.8 Å². The van der Waals surface area contributed by atoms with E-state index in [0.29, 0.717) is 35.0 Å². The van der Waals surface area contributed by atoms with E-state index >= 15 is 0 Å². The maximum atomic E-state index is 13.5. The highest BCUT2D eigenvalue weighted by molar-refractivity contribution is 5.56. The second-order valence-corrected chi connectivity index (χ2v) is 5.91. The smallest absolute Gasteiger partial charge is 0.254 e. The summed E-state index contributed by atoms with van der Waals surface area (Å²) >= 11 is 0. The number of aromatic amines is 1. The van der Waals surface area contributed by atoms with Crippen LogP contribution in [0.2, 0.25) is 0 Å². The summed E-state index contributed by atoms with van der Waals surface area (Å²) in [6.45, 7) is 4.05. The first-order valence-electron chi connectivity index (χ1n) is 8.29. The van der Waals surface area contributed by atoms with Gasteiger partial charge in [-0.25, -0.2) is 18.7 Å². The summed E-state index contributed by atoms with van der Waals surface area (Å²) in [6.07, 6.45) is 1.59. The number of nitrogens with one attached hydrogen (secondary N) is 2. The predicted molar refractivity (Wildman–Crippen MR) is 97.9 cm³/mol. The van der Waals surface area contributed by atoms with Crippen LogP contribution in [0, 0.1) is 25.5 Å². The number of hydrogen-bond acceptors (Lipinski definition) is 5. The van der Waals surface area contributed by atoms with E-state index in [1.54, 1.807) is 32.2 Å². The lowest BCUT2D eigenvalue weighted by molar-refractivity contribution is 0.314. The third kappa shape index (κ3) is 4.46. The summed E-state index contributed by atoms with van der Waals surface area (Å²) < 4.78 is 31.6. The van der Waals surface area contributed by atoms with Crippen molar-refractivity contribution in [2.45, 2.75) is 13.8 Å². The number of ether oxygens (including phenoxy) is 1. The zero-order chi connectivity index (χ0) is 19.4. The van der Waals surface area contributed by atoms with Crippen molar-refractivity contribution < 1.29 is 13.5 Å². The SMILES string of the molecule is Cc1nc(-c2ccc(NCCOc3ccc(F)cc3F)nc2)[nH]c(=O)c1C. The first-order chi connectivity index (χ1) is 12.9. The Bertz CT molecular complexity index is 1000. The fourth-order valence-electron chi connectivity index (χ4n) is 2.35. The Kier molecular flexibility index (Phi) is 5.44. The van der Waals surface area contributed by atoms with Crippen LogP contribution in [0.4, 0.5) is 14.6 Å². The van der Waals surface area contributed by atoms with E-state index in [9.17, 15) is 13.6 Å². The van der Waals surface area contributed by atoms with Crippen LogP contribution in [0.5, 0.6) is 5.75 Å². The molecule has 2 N–H and O–H groups in total. The van der Waals surface area contributed by atoms with Crippen LogP contribution >= 0.6 is 0 Å². The molecule has 0 amide bonds. The summed E-state index contributed by atoms with van der Waals surface area (Å²) in [7, 11) is 0. The molecule has 8 heteroatoms. The second kappa shape index (κ2) is 7.94. The minimum Gasteiger partial charge on any atom is -0.489 e. The van der Waals surface area contributed by atoms with Crippen LogP contribution in [0.1, 0.15) is 11.3 Å². The number of H-pyrrole nitrogens is 1. The van der Waals surface area contributed by atoms with Crippen LogP contribution < -0.4 is 15.6 Å². The van der Waals surface area contributed by atoms with Crippen molar-refractivity contribution >= 4 is 5.82 Å². The maximum absolute atomic E-state index is 13.5. The van der Waals surface area contributed by atoms with Crippen molar-refractivity contribution in [3.8, 4) is 17.1 Å². The zero-order valence-electron chi connectivity index (χ0n) is 14.8. The number of hydrogen-bond donors (Lipinski definition) is 2. The molecule has 140 valence electrons. The van der Waals surface area contributed by atoms with Gasteiger partial charge < -0.3 is 15.0 Å². The van der Waals surface area contributed by atoms with Crippen LogP contribution in [-0.4, -0.2) is 28.1 Å². The summed E-state index contributed by atoms with van der Waals surface area (Å²) in [4.78, 5) is 23.2. The molecule has 0 spiro atoms. The summed E-state index contributed by atoms with van der Waals surface area (Å²) in [6, 6.07) is 6.67. The van der Waals surface area contributed by atoms with Crippen molar-refractivity contribution in [1.29, 1.82) is 0 Å². The fourth-order valence-corrected chi connectivity index (χ4v) is 2.35. The molecular weight excluding hydrogens is 354 g/mol. The Morgan fingerprint density at radius 1 is 1.19 bits per heavy atom. The topological polar surface area (TPSA) is 79.9 Å². The Balaban J connectivity index is 1.57. The molecular formula is C19H18F2N4O2. The molecule has 0 bridgehead atoms. The van der Waals surface area contributed by atoms with E-state index in [1.165, 1.54) is 6.07 Å². The van der Waals surface area contributed by atoms with Gasteiger partial charge in [-0.05, 0) is 38.1 Å². The highest BCUT2D eigenvalue weighted by Crippen LogP contribution is 2.18. The van der Waals surface area contributed by atoms with Gasteiger partial charge in [0, 0.05) is 29.1 Å². The van der Waals surface area contributed by atoms with Crippen molar-refractivity contribution in [2.24, 2.45) is 0 Å². The Morgan fingerprint density at radius 3 is 2.67 bits per heavy atom. The molecule has 0 unspecified atom stereocenters. The molecule has 27 heavy (non-hydrogen) atoms. The van der Waals surface area contributed by atoms with Gasteiger partial charge in [0.2, 0.25) is 0 Å². The summed E-state index contributed by atoms with van der Waals surface area (Å²) in [5, 5.41) is 3.03. The average molecular weight is 372 g/mol. The van der Waals surface area contributed by atoms with Gasteiger partial charge in [0.05, 0.1) is 6.54 Å². The number of aryl methyl sites for hydroxylation is 1. The molecule has 0 atom stereocenters. The highest BCUT2D eigenvalue weighted by atomic mass is 19.1. The minimum absolute atomic E-state index is 0.00808. The molecule has 0 radical (unpaired) electrons. The number of anilines is 1. The molecule has 3 aromatic rings. The van der Waals surface area contributed by atoms with Crippen molar-refractivity contribution in [2.75, 3.05) is 18.5 Å². The number of benzene rings is 1. The van der Waals surface area contributed by atoms with E-state index in [2.05, 4.69) is 20.3 Å². The van der Waals surface area contributed by atoms with E-state index in [4.69, 9.17) is 4.74 Å². The van der Waals surface area contributed by atoms with Gasteiger partial charge in [0.25, 0.3) is 5.56 Å². The number of aromatic nitrogens is 3. The second-order valence-electron chi connectivity index (χ2n) is 5.91. The molecule has 0 saturated carbocycles. The van der Waals surface area contributed by atoms with Gasteiger partial charge >= 0.3 is 0 Å². The van der Waals surface area contributed by atoms with Crippen LogP contribution in [0.15, 0.2) is 41.3 Å². The molecule has 0 saturated heterocycles. The molecule has 2 aromatic heterocycles. The molecule has 0 aliphatic rings. The molecule has 3 rings (SSSR count). The normalized spacial score (nSPS) is 10.7. The molecule has 0 aliphatic heterocycles. The van der Waals surface area contributed by atoms with Crippen LogP contribution in [0.3, 0.4) is 0 Å². The van der Waals surface area contributed by atoms with Crippen LogP contribution in [0.25, 0.3) is 11.4 Å². The average Bonchev–Trinajstić information content (AvgIpc) is 2.65. The number of halogens is 2. The van der Waals surface area contributed by atoms with Crippen molar-refractivity contribution in [3.63, 3.8) is 0 Å². The lowest BCUT2D eigenvalue weighted by atomic mass is 10.2. The lowest BCUT2D eigenvalue weighted by Crippen LogP contribution is -2.14. The van der Waals surface area contributed by atoms with E-state index in [1.807, 2.05) is 0 Å². The Hall–Kier alpha value is -3.29.